The molecule has 1 aromatic rings. The zero-order valence-electron chi connectivity index (χ0n) is 8.31. The highest BCUT2D eigenvalue weighted by atomic mass is 32.2. The first-order valence-electron chi connectivity index (χ1n) is 4.71. The van der Waals surface area contributed by atoms with Crippen LogP contribution in [0.2, 0.25) is 0 Å². The number of aromatic nitrogens is 3. The summed E-state index contributed by atoms with van der Waals surface area (Å²) in [6, 6.07) is 0. The van der Waals surface area contributed by atoms with Crippen molar-refractivity contribution in [2.24, 2.45) is 5.92 Å². The van der Waals surface area contributed by atoms with Gasteiger partial charge in [-0.3, -0.25) is 4.68 Å². The number of hydrogen-bond acceptors (Lipinski definition) is 3. The minimum absolute atomic E-state index is 0.802. The molecule has 1 rings (SSSR count). The number of thioether (sulfide) groups is 1. The molecule has 0 atom stereocenters. The standard InChI is InChI=1S/C9H17N3S/c1-9(2)8-13-7-3-5-12-6-4-10-11-12/h4,6,9H,3,5,7-8H2,1-2H3. The van der Waals surface area contributed by atoms with Gasteiger partial charge in [-0.2, -0.15) is 11.8 Å². The maximum Gasteiger partial charge on any atom is 0.0692 e. The Morgan fingerprint density at radius 2 is 2.31 bits per heavy atom. The molecule has 1 heterocycles. The minimum atomic E-state index is 0.802. The van der Waals surface area contributed by atoms with Crippen LogP contribution in [-0.4, -0.2) is 26.5 Å². The van der Waals surface area contributed by atoms with Crippen molar-refractivity contribution in [3.05, 3.63) is 12.4 Å². The van der Waals surface area contributed by atoms with Crippen LogP contribution in [0, 0.1) is 5.92 Å². The van der Waals surface area contributed by atoms with E-state index >= 15 is 0 Å². The lowest BCUT2D eigenvalue weighted by Crippen LogP contribution is -2.01. The molecule has 0 unspecified atom stereocenters. The molecule has 0 radical (unpaired) electrons. The molecule has 0 aliphatic heterocycles. The second-order valence-corrected chi connectivity index (χ2v) is 4.64. The van der Waals surface area contributed by atoms with Crippen molar-refractivity contribution in [1.82, 2.24) is 15.0 Å². The van der Waals surface area contributed by atoms with Crippen LogP contribution in [0.5, 0.6) is 0 Å². The van der Waals surface area contributed by atoms with Gasteiger partial charge in [0.1, 0.15) is 0 Å². The lowest BCUT2D eigenvalue weighted by molar-refractivity contribution is 0.581. The van der Waals surface area contributed by atoms with E-state index in [4.69, 9.17) is 0 Å². The Morgan fingerprint density at radius 3 is 2.92 bits per heavy atom. The normalized spacial score (nSPS) is 11.0. The maximum atomic E-state index is 3.91. The van der Waals surface area contributed by atoms with Crippen LogP contribution in [0.3, 0.4) is 0 Å². The summed E-state index contributed by atoms with van der Waals surface area (Å²) in [4.78, 5) is 0. The molecule has 4 heteroatoms. The van der Waals surface area contributed by atoms with Crippen LogP contribution < -0.4 is 0 Å². The fraction of sp³-hybridized carbons (Fsp3) is 0.778. The number of aryl methyl sites for hydroxylation is 1. The molecule has 0 fully saturated rings. The summed E-state index contributed by atoms with van der Waals surface area (Å²) < 4.78 is 1.88. The Balaban J connectivity index is 1.96. The highest BCUT2D eigenvalue weighted by Crippen LogP contribution is 2.08. The fourth-order valence-corrected chi connectivity index (χ4v) is 1.97. The summed E-state index contributed by atoms with van der Waals surface area (Å²) in [5.74, 6) is 3.28. The van der Waals surface area contributed by atoms with Gasteiger partial charge in [-0.05, 0) is 23.8 Å². The molecule has 0 aromatic carbocycles. The summed E-state index contributed by atoms with van der Waals surface area (Å²) >= 11 is 2.02. The van der Waals surface area contributed by atoms with E-state index in [-0.39, 0.29) is 0 Å². The smallest absolute Gasteiger partial charge is 0.0692 e. The Kier molecular flexibility index (Phi) is 4.90. The molecule has 3 nitrogen and oxygen atoms in total. The van der Waals surface area contributed by atoms with E-state index in [0.29, 0.717) is 0 Å². The monoisotopic (exact) mass is 199 g/mol. The molecule has 0 N–H and O–H groups in total. The molecule has 13 heavy (non-hydrogen) atoms. The van der Waals surface area contributed by atoms with Crippen molar-refractivity contribution in [2.45, 2.75) is 26.8 Å². The second-order valence-electron chi connectivity index (χ2n) is 3.49. The van der Waals surface area contributed by atoms with Gasteiger partial charge in [0, 0.05) is 12.7 Å². The van der Waals surface area contributed by atoms with Crippen molar-refractivity contribution in [2.75, 3.05) is 11.5 Å². The van der Waals surface area contributed by atoms with Gasteiger partial charge >= 0.3 is 0 Å². The predicted octanol–water partition coefficient (Wildman–Crippen LogP) is 2.06. The summed E-state index contributed by atoms with van der Waals surface area (Å²) in [7, 11) is 0. The molecule has 0 bridgehead atoms. The molecule has 0 aliphatic carbocycles. The molecule has 74 valence electrons. The largest absolute Gasteiger partial charge is 0.253 e. The highest BCUT2D eigenvalue weighted by Gasteiger charge is 1.95. The van der Waals surface area contributed by atoms with Crippen LogP contribution in [0.25, 0.3) is 0 Å². The Labute approximate surface area is 83.9 Å². The first-order chi connectivity index (χ1) is 6.29. The summed E-state index contributed by atoms with van der Waals surface area (Å²) in [6.07, 6.45) is 4.81. The predicted molar refractivity (Wildman–Crippen MR) is 56.8 cm³/mol. The van der Waals surface area contributed by atoms with Gasteiger partial charge < -0.3 is 0 Å². The third-order valence-corrected chi connectivity index (χ3v) is 3.08. The average Bonchev–Trinajstić information content (AvgIpc) is 2.55. The molecule has 0 spiro atoms. The average molecular weight is 199 g/mol. The fourth-order valence-electron chi connectivity index (χ4n) is 1.000. The second kappa shape index (κ2) is 6.02. The van der Waals surface area contributed by atoms with Gasteiger partial charge in [0.25, 0.3) is 0 Å². The molecule has 1 aromatic heterocycles. The van der Waals surface area contributed by atoms with Crippen LogP contribution in [-0.2, 0) is 6.54 Å². The maximum absolute atomic E-state index is 3.91. The van der Waals surface area contributed by atoms with Gasteiger partial charge in [-0.1, -0.05) is 19.1 Å². The lowest BCUT2D eigenvalue weighted by Gasteiger charge is -2.03. The van der Waals surface area contributed by atoms with Crippen molar-refractivity contribution in [3.8, 4) is 0 Å². The van der Waals surface area contributed by atoms with Crippen LogP contribution in [0.4, 0.5) is 0 Å². The molecule has 0 aliphatic rings. The Morgan fingerprint density at radius 1 is 1.46 bits per heavy atom. The highest BCUT2D eigenvalue weighted by molar-refractivity contribution is 7.99. The zero-order chi connectivity index (χ0) is 9.52. The molecule has 0 saturated carbocycles. The third-order valence-electron chi connectivity index (χ3n) is 1.60. The van der Waals surface area contributed by atoms with Crippen LogP contribution in [0.15, 0.2) is 12.4 Å². The van der Waals surface area contributed by atoms with Crippen molar-refractivity contribution in [3.63, 3.8) is 0 Å². The van der Waals surface area contributed by atoms with E-state index < -0.39 is 0 Å². The third kappa shape index (κ3) is 4.93. The van der Waals surface area contributed by atoms with E-state index in [0.717, 1.165) is 12.5 Å². The first-order valence-corrected chi connectivity index (χ1v) is 5.86. The van der Waals surface area contributed by atoms with Crippen LogP contribution in [0.1, 0.15) is 20.3 Å². The van der Waals surface area contributed by atoms with Gasteiger partial charge in [0.15, 0.2) is 0 Å². The van der Waals surface area contributed by atoms with E-state index in [1.807, 2.05) is 22.6 Å². The Bertz CT molecular complexity index is 209. The van der Waals surface area contributed by atoms with Gasteiger partial charge in [0.2, 0.25) is 0 Å². The summed E-state index contributed by atoms with van der Waals surface area (Å²) in [5, 5.41) is 7.66. The van der Waals surface area contributed by atoms with Crippen LogP contribution >= 0.6 is 11.8 Å². The van der Waals surface area contributed by atoms with Crippen molar-refractivity contribution in [1.29, 1.82) is 0 Å². The topological polar surface area (TPSA) is 30.7 Å². The zero-order valence-corrected chi connectivity index (χ0v) is 9.13. The van der Waals surface area contributed by atoms with E-state index in [1.54, 1.807) is 6.20 Å². The van der Waals surface area contributed by atoms with E-state index in [1.165, 1.54) is 17.9 Å². The summed E-state index contributed by atoms with van der Waals surface area (Å²) in [5.41, 5.74) is 0. The van der Waals surface area contributed by atoms with Gasteiger partial charge in [-0.15, -0.1) is 5.10 Å². The van der Waals surface area contributed by atoms with Gasteiger partial charge in [-0.25, -0.2) is 0 Å². The Hall–Kier alpha value is -0.510. The van der Waals surface area contributed by atoms with Gasteiger partial charge in [0.05, 0.1) is 6.20 Å². The van der Waals surface area contributed by atoms with E-state index in [2.05, 4.69) is 24.2 Å². The lowest BCUT2D eigenvalue weighted by atomic mass is 10.3. The number of hydrogen-bond donors (Lipinski definition) is 0. The molecular weight excluding hydrogens is 182 g/mol. The minimum Gasteiger partial charge on any atom is -0.253 e. The molecule has 0 amide bonds. The van der Waals surface area contributed by atoms with Crippen molar-refractivity contribution >= 4 is 11.8 Å². The quantitative estimate of drug-likeness (QED) is 0.657. The summed E-state index contributed by atoms with van der Waals surface area (Å²) in [6.45, 7) is 5.50. The number of rotatable bonds is 6. The molecule has 0 saturated heterocycles. The van der Waals surface area contributed by atoms with Crippen molar-refractivity contribution < 1.29 is 0 Å². The SMILES string of the molecule is CC(C)CSCCCn1ccnn1. The van der Waals surface area contributed by atoms with E-state index in [9.17, 15) is 0 Å². The number of nitrogens with zero attached hydrogens (tertiary/aromatic N) is 3. The first kappa shape index (κ1) is 10.6. The molecular formula is C9H17N3S.